The molecule has 1 aromatic heterocycles. The monoisotopic (exact) mass is 499 g/mol. The average Bonchev–Trinajstić information content (AvgIpc) is 3.15. The molecular formula is C21H23Cl2N3O5S. The molecule has 32 heavy (non-hydrogen) atoms. The normalized spacial score (nSPS) is 12.7. The number of fused-ring (bicyclic) bond motifs is 1. The summed E-state index contributed by atoms with van der Waals surface area (Å²) in [5.74, 6) is 0.268. The molecule has 2 aromatic carbocycles. The number of nitrogens with zero attached hydrogens (tertiary/aromatic N) is 1. The van der Waals surface area contributed by atoms with Gasteiger partial charge in [-0.2, -0.15) is 8.42 Å². The standard InChI is InChI=1S/C21H23Cl2N3O5S/c1-10-11(2)13(4)19-18(12(10)3)25-20(26-19)17(9-30-32(5,28)29)31-21(27)24-14-6-7-15(22)16(23)8-14/h6-8,17H,9H2,1-5H3,(H,24,27)(H,25,26). The van der Waals surface area contributed by atoms with Gasteiger partial charge in [-0.05, 0) is 68.1 Å². The second-order valence-electron chi connectivity index (χ2n) is 7.48. The minimum Gasteiger partial charge on any atom is -0.435 e. The number of halogens is 2. The summed E-state index contributed by atoms with van der Waals surface area (Å²) in [5, 5.41) is 3.13. The van der Waals surface area contributed by atoms with Crippen LogP contribution in [0.3, 0.4) is 0 Å². The van der Waals surface area contributed by atoms with Crippen LogP contribution in [0.1, 0.15) is 34.2 Å². The van der Waals surface area contributed by atoms with Crippen molar-refractivity contribution in [3.8, 4) is 0 Å². The number of benzene rings is 2. The lowest BCUT2D eigenvalue weighted by atomic mass is 9.98. The van der Waals surface area contributed by atoms with Gasteiger partial charge in [-0.1, -0.05) is 23.2 Å². The number of amides is 1. The van der Waals surface area contributed by atoms with Crippen LogP contribution in [0.5, 0.6) is 0 Å². The summed E-state index contributed by atoms with van der Waals surface area (Å²) in [6, 6.07) is 4.54. The minimum absolute atomic E-state index is 0.260. The van der Waals surface area contributed by atoms with Gasteiger partial charge in [-0.15, -0.1) is 0 Å². The lowest BCUT2D eigenvalue weighted by Crippen LogP contribution is -2.22. The molecule has 0 aliphatic carbocycles. The second kappa shape index (κ2) is 9.27. The van der Waals surface area contributed by atoms with Crippen LogP contribution < -0.4 is 5.32 Å². The third-order valence-electron chi connectivity index (χ3n) is 5.29. The predicted octanol–water partition coefficient (Wildman–Crippen LogP) is 5.37. The highest BCUT2D eigenvalue weighted by atomic mass is 35.5. The van der Waals surface area contributed by atoms with E-state index in [4.69, 9.17) is 32.1 Å². The van der Waals surface area contributed by atoms with E-state index < -0.39 is 28.9 Å². The first-order chi connectivity index (χ1) is 14.9. The van der Waals surface area contributed by atoms with Gasteiger partial charge >= 0.3 is 6.09 Å². The molecule has 0 spiro atoms. The third kappa shape index (κ3) is 5.35. The molecule has 172 valence electrons. The summed E-state index contributed by atoms with van der Waals surface area (Å²) in [4.78, 5) is 20.3. The molecule has 0 saturated heterocycles. The summed E-state index contributed by atoms with van der Waals surface area (Å²) in [5.41, 5.74) is 6.08. The van der Waals surface area contributed by atoms with Gasteiger partial charge in [0.2, 0.25) is 0 Å². The molecule has 0 fully saturated rings. The molecule has 1 heterocycles. The Bertz CT molecular complexity index is 1260. The topological polar surface area (TPSA) is 110 Å². The van der Waals surface area contributed by atoms with Crippen LogP contribution >= 0.6 is 23.2 Å². The quantitative estimate of drug-likeness (QED) is 0.441. The molecule has 0 aliphatic rings. The Morgan fingerprint density at radius 1 is 1.09 bits per heavy atom. The van der Waals surface area contributed by atoms with E-state index in [0.29, 0.717) is 10.7 Å². The van der Waals surface area contributed by atoms with Crippen molar-refractivity contribution in [2.75, 3.05) is 18.2 Å². The molecule has 2 N–H and O–H groups in total. The van der Waals surface area contributed by atoms with E-state index in [2.05, 4.69) is 15.3 Å². The first-order valence-electron chi connectivity index (χ1n) is 9.60. The number of imidazole rings is 1. The number of H-pyrrole nitrogens is 1. The molecule has 1 amide bonds. The van der Waals surface area contributed by atoms with Crippen molar-refractivity contribution in [1.29, 1.82) is 0 Å². The van der Waals surface area contributed by atoms with Crippen molar-refractivity contribution in [3.05, 3.63) is 56.3 Å². The van der Waals surface area contributed by atoms with Gasteiger partial charge in [0, 0.05) is 5.69 Å². The van der Waals surface area contributed by atoms with Gasteiger partial charge in [-0.3, -0.25) is 9.50 Å². The molecule has 1 atom stereocenters. The summed E-state index contributed by atoms with van der Waals surface area (Å²) >= 11 is 11.9. The maximum atomic E-state index is 12.5. The van der Waals surface area contributed by atoms with Crippen LogP contribution in [0.4, 0.5) is 10.5 Å². The van der Waals surface area contributed by atoms with Crippen LogP contribution in [0.2, 0.25) is 10.0 Å². The number of hydrogen-bond acceptors (Lipinski definition) is 6. The number of aryl methyl sites for hydroxylation is 2. The van der Waals surface area contributed by atoms with Crippen molar-refractivity contribution in [2.45, 2.75) is 33.8 Å². The van der Waals surface area contributed by atoms with E-state index in [1.165, 1.54) is 12.1 Å². The van der Waals surface area contributed by atoms with Gasteiger partial charge in [0.05, 0.1) is 27.3 Å². The highest BCUT2D eigenvalue weighted by molar-refractivity contribution is 7.85. The van der Waals surface area contributed by atoms with E-state index in [9.17, 15) is 13.2 Å². The van der Waals surface area contributed by atoms with Crippen LogP contribution in [0, 0.1) is 27.7 Å². The summed E-state index contributed by atoms with van der Waals surface area (Å²) < 4.78 is 33.5. The van der Waals surface area contributed by atoms with Crippen molar-refractivity contribution < 1.29 is 22.1 Å². The van der Waals surface area contributed by atoms with E-state index in [-0.39, 0.29) is 10.8 Å². The Balaban J connectivity index is 1.93. The number of aromatic amines is 1. The zero-order valence-electron chi connectivity index (χ0n) is 18.2. The lowest BCUT2D eigenvalue weighted by Gasteiger charge is -2.16. The van der Waals surface area contributed by atoms with Gasteiger partial charge in [0.25, 0.3) is 10.1 Å². The molecule has 0 bridgehead atoms. The van der Waals surface area contributed by atoms with Crippen LogP contribution in [0.25, 0.3) is 11.0 Å². The molecule has 8 nitrogen and oxygen atoms in total. The first-order valence-corrected chi connectivity index (χ1v) is 12.2. The molecule has 0 saturated carbocycles. The van der Waals surface area contributed by atoms with Gasteiger partial charge in [0.1, 0.15) is 6.61 Å². The Kier molecular flexibility index (Phi) is 7.04. The van der Waals surface area contributed by atoms with E-state index in [0.717, 1.165) is 39.5 Å². The Hall–Kier alpha value is -2.33. The molecule has 0 aliphatic heterocycles. The van der Waals surface area contributed by atoms with Crippen LogP contribution in [0.15, 0.2) is 18.2 Å². The maximum Gasteiger partial charge on any atom is 0.412 e. The molecule has 0 radical (unpaired) electrons. The van der Waals surface area contributed by atoms with Crippen molar-refractivity contribution in [3.63, 3.8) is 0 Å². The summed E-state index contributed by atoms with van der Waals surface area (Å²) in [6.45, 7) is 7.50. The van der Waals surface area contributed by atoms with Gasteiger partial charge in [-0.25, -0.2) is 9.78 Å². The third-order valence-corrected chi connectivity index (χ3v) is 6.60. The number of ether oxygens (including phenoxy) is 1. The predicted molar refractivity (Wildman–Crippen MR) is 125 cm³/mol. The number of rotatable bonds is 6. The Morgan fingerprint density at radius 2 is 1.75 bits per heavy atom. The molecule has 3 rings (SSSR count). The minimum atomic E-state index is -3.78. The molecule has 1 unspecified atom stereocenters. The Morgan fingerprint density at radius 3 is 2.38 bits per heavy atom. The van der Waals surface area contributed by atoms with Gasteiger partial charge < -0.3 is 9.72 Å². The van der Waals surface area contributed by atoms with Crippen LogP contribution in [-0.4, -0.2) is 37.3 Å². The second-order valence-corrected chi connectivity index (χ2v) is 9.94. The van der Waals surface area contributed by atoms with E-state index in [1.54, 1.807) is 6.07 Å². The zero-order valence-corrected chi connectivity index (χ0v) is 20.5. The van der Waals surface area contributed by atoms with E-state index in [1.807, 2.05) is 27.7 Å². The lowest BCUT2D eigenvalue weighted by molar-refractivity contribution is 0.0721. The number of nitrogens with one attached hydrogen (secondary N) is 2. The summed E-state index contributed by atoms with van der Waals surface area (Å²) in [6.07, 6.45) is -1.04. The highest BCUT2D eigenvalue weighted by Gasteiger charge is 2.25. The highest BCUT2D eigenvalue weighted by Crippen LogP contribution is 2.30. The number of carbonyl (C=O) groups excluding carboxylic acids is 1. The number of carbonyl (C=O) groups is 1. The molecular weight excluding hydrogens is 477 g/mol. The van der Waals surface area contributed by atoms with Crippen molar-refractivity contribution in [2.24, 2.45) is 0 Å². The molecule has 3 aromatic rings. The Labute approximate surface area is 196 Å². The number of hydrogen-bond donors (Lipinski definition) is 2. The first kappa shape index (κ1) is 24.3. The maximum absolute atomic E-state index is 12.5. The van der Waals surface area contributed by atoms with Crippen LogP contribution in [-0.2, 0) is 19.0 Å². The largest absolute Gasteiger partial charge is 0.435 e. The number of aromatic nitrogens is 2. The summed E-state index contributed by atoms with van der Waals surface area (Å²) in [7, 11) is -3.78. The average molecular weight is 500 g/mol. The van der Waals surface area contributed by atoms with Crippen molar-refractivity contribution in [1.82, 2.24) is 9.97 Å². The number of anilines is 1. The SMILES string of the molecule is Cc1c(C)c(C)c2[nH]c(C(COS(C)(=O)=O)OC(=O)Nc3ccc(Cl)c(Cl)c3)nc2c1C. The molecule has 11 heteroatoms. The fourth-order valence-electron chi connectivity index (χ4n) is 3.22. The fraction of sp³-hybridized carbons (Fsp3) is 0.333. The fourth-order valence-corrected chi connectivity index (χ4v) is 3.89. The smallest absolute Gasteiger partial charge is 0.412 e. The van der Waals surface area contributed by atoms with Gasteiger partial charge in [0.15, 0.2) is 11.9 Å². The van der Waals surface area contributed by atoms with E-state index >= 15 is 0 Å². The zero-order chi connectivity index (χ0) is 23.8. The van der Waals surface area contributed by atoms with Crippen molar-refractivity contribution >= 4 is 56.1 Å².